The van der Waals surface area contributed by atoms with Crippen molar-refractivity contribution < 1.29 is 9.53 Å². The monoisotopic (exact) mass is 277 g/mol. The summed E-state index contributed by atoms with van der Waals surface area (Å²) in [7, 11) is 1.62. The Hall–Kier alpha value is -1.59. The Morgan fingerprint density at radius 1 is 1.40 bits per heavy atom. The van der Waals surface area contributed by atoms with Crippen molar-refractivity contribution >= 4 is 11.6 Å². The molecule has 0 saturated carbocycles. The van der Waals surface area contributed by atoms with Crippen LogP contribution in [0.25, 0.3) is 0 Å². The highest BCUT2D eigenvalue weighted by atomic mass is 16.5. The largest absolute Gasteiger partial charge is 0.383 e. The first kappa shape index (κ1) is 14.8. The fourth-order valence-electron chi connectivity index (χ4n) is 2.44. The minimum absolute atomic E-state index is 0.0486. The van der Waals surface area contributed by atoms with E-state index in [0.717, 1.165) is 37.2 Å². The first-order chi connectivity index (χ1) is 9.72. The van der Waals surface area contributed by atoms with Crippen molar-refractivity contribution in [1.29, 1.82) is 0 Å². The van der Waals surface area contributed by atoms with Gasteiger partial charge in [-0.2, -0.15) is 0 Å². The van der Waals surface area contributed by atoms with E-state index in [1.54, 1.807) is 7.11 Å². The van der Waals surface area contributed by atoms with Crippen LogP contribution < -0.4 is 16.0 Å². The highest BCUT2D eigenvalue weighted by molar-refractivity contribution is 5.99. The number of nitrogens with one attached hydrogen (secondary N) is 1. The van der Waals surface area contributed by atoms with Crippen molar-refractivity contribution in [2.45, 2.75) is 18.9 Å². The van der Waals surface area contributed by atoms with Gasteiger partial charge in [-0.25, -0.2) is 0 Å². The summed E-state index contributed by atoms with van der Waals surface area (Å²) in [6.07, 6.45) is 1.94. The molecule has 1 aliphatic rings. The van der Waals surface area contributed by atoms with E-state index >= 15 is 0 Å². The van der Waals surface area contributed by atoms with Gasteiger partial charge in [0.05, 0.1) is 12.2 Å². The van der Waals surface area contributed by atoms with Crippen molar-refractivity contribution in [1.82, 2.24) is 5.32 Å². The van der Waals surface area contributed by atoms with Crippen LogP contribution in [0, 0.1) is 0 Å². The average molecular weight is 277 g/mol. The Bertz CT molecular complexity index is 442. The molecule has 0 aromatic heterocycles. The fourth-order valence-corrected chi connectivity index (χ4v) is 2.44. The van der Waals surface area contributed by atoms with Gasteiger partial charge in [0.1, 0.15) is 0 Å². The third kappa shape index (κ3) is 3.71. The number of para-hydroxylation sites is 1. The summed E-state index contributed by atoms with van der Waals surface area (Å²) in [5.41, 5.74) is 7.65. The molecule has 0 bridgehead atoms. The Morgan fingerprint density at radius 2 is 2.10 bits per heavy atom. The maximum Gasteiger partial charge on any atom is 0.253 e. The van der Waals surface area contributed by atoms with Crippen molar-refractivity contribution in [3.63, 3.8) is 0 Å². The Balaban J connectivity index is 2.07. The van der Waals surface area contributed by atoms with E-state index in [1.165, 1.54) is 0 Å². The number of carbonyl (C=O) groups excluding carboxylic acids is 1. The van der Waals surface area contributed by atoms with Crippen LogP contribution in [0.4, 0.5) is 5.69 Å². The number of rotatable bonds is 5. The molecular weight excluding hydrogens is 254 g/mol. The summed E-state index contributed by atoms with van der Waals surface area (Å²) in [5, 5.41) is 2.87. The number of nitrogens with zero attached hydrogens (tertiary/aromatic N) is 1. The Labute approximate surface area is 120 Å². The molecule has 0 atom stereocenters. The summed E-state index contributed by atoms with van der Waals surface area (Å²) in [6.45, 7) is 2.86. The first-order valence-corrected chi connectivity index (χ1v) is 7.09. The van der Waals surface area contributed by atoms with Crippen LogP contribution in [0.3, 0.4) is 0 Å². The smallest absolute Gasteiger partial charge is 0.253 e. The second-order valence-electron chi connectivity index (χ2n) is 5.09. The van der Waals surface area contributed by atoms with Gasteiger partial charge in [0, 0.05) is 38.5 Å². The van der Waals surface area contributed by atoms with E-state index in [9.17, 15) is 4.79 Å². The second kappa shape index (κ2) is 7.26. The molecule has 5 nitrogen and oxygen atoms in total. The van der Waals surface area contributed by atoms with Gasteiger partial charge in [0.25, 0.3) is 5.91 Å². The summed E-state index contributed by atoms with van der Waals surface area (Å²) in [5.74, 6) is -0.0486. The summed E-state index contributed by atoms with van der Waals surface area (Å²) >= 11 is 0. The number of amides is 1. The predicted molar refractivity (Wildman–Crippen MR) is 80.1 cm³/mol. The zero-order valence-electron chi connectivity index (χ0n) is 12.0. The molecule has 0 aliphatic carbocycles. The molecule has 1 saturated heterocycles. The Kier molecular flexibility index (Phi) is 5.38. The molecule has 2 rings (SSSR count). The number of piperidine rings is 1. The van der Waals surface area contributed by atoms with Gasteiger partial charge in [0.15, 0.2) is 0 Å². The third-order valence-corrected chi connectivity index (χ3v) is 3.62. The zero-order valence-corrected chi connectivity index (χ0v) is 12.0. The molecule has 0 spiro atoms. The van der Waals surface area contributed by atoms with Crippen LogP contribution in [0.5, 0.6) is 0 Å². The van der Waals surface area contributed by atoms with Crippen molar-refractivity contribution in [2.24, 2.45) is 5.73 Å². The zero-order chi connectivity index (χ0) is 14.4. The lowest BCUT2D eigenvalue weighted by atomic mass is 10.0. The molecule has 20 heavy (non-hydrogen) atoms. The third-order valence-electron chi connectivity index (χ3n) is 3.62. The maximum absolute atomic E-state index is 12.2. The molecule has 110 valence electrons. The standard InChI is InChI=1S/C15H23N3O2/c1-20-11-8-17-15(19)13-4-2-3-5-14(13)18-9-6-12(16)7-10-18/h2-5,12H,6-11,16H2,1H3,(H,17,19). The van der Waals surface area contributed by atoms with Crippen LogP contribution in [0.2, 0.25) is 0 Å². The lowest BCUT2D eigenvalue weighted by molar-refractivity contribution is 0.0937. The van der Waals surface area contributed by atoms with Gasteiger partial charge >= 0.3 is 0 Å². The normalized spacial score (nSPS) is 16.2. The number of nitrogens with two attached hydrogens (primary N) is 1. The number of anilines is 1. The van der Waals surface area contributed by atoms with E-state index in [2.05, 4.69) is 10.2 Å². The fraction of sp³-hybridized carbons (Fsp3) is 0.533. The first-order valence-electron chi connectivity index (χ1n) is 7.09. The number of hydrogen-bond acceptors (Lipinski definition) is 4. The second-order valence-corrected chi connectivity index (χ2v) is 5.09. The van der Waals surface area contributed by atoms with Crippen molar-refractivity contribution in [3.8, 4) is 0 Å². The van der Waals surface area contributed by atoms with Crippen LogP contribution in [0.15, 0.2) is 24.3 Å². The van der Waals surface area contributed by atoms with Crippen LogP contribution >= 0.6 is 0 Å². The van der Waals surface area contributed by atoms with E-state index in [4.69, 9.17) is 10.5 Å². The van der Waals surface area contributed by atoms with E-state index in [-0.39, 0.29) is 11.9 Å². The number of benzene rings is 1. The van der Waals surface area contributed by atoms with Gasteiger partial charge in [-0.1, -0.05) is 12.1 Å². The quantitative estimate of drug-likeness (QED) is 0.788. The maximum atomic E-state index is 12.2. The molecule has 1 amide bonds. The lowest BCUT2D eigenvalue weighted by Crippen LogP contribution is -2.40. The van der Waals surface area contributed by atoms with Crippen LogP contribution in [-0.2, 0) is 4.74 Å². The molecule has 1 heterocycles. The number of hydrogen-bond donors (Lipinski definition) is 2. The van der Waals surface area contributed by atoms with Crippen molar-refractivity contribution in [3.05, 3.63) is 29.8 Å². The van der Waals surface area contributed by atoms with E-state index in [0.29, 0.717) is 13.2 Å². The SMILES string of the molecule is COCCNC(=O)c1ccccc1N1CCC(N)CC1. The number of methoxy groups -OCH3 is 1. The molecule has 3 N–H and O–H groups in total. The molecule has 1 fully saturated rings. The van der Waals surface area contributed by atoms with Crippen LogP contribution in [-0.4, -0.2) is 45.3 Å². The Morgan fingerprint density at radius 3 is 2.80 bits per heavy atom. The van der Waals surface area contributed by atoms with Gasteiger partial charge in [-0.05, 0) is 25.0 Å². The summed E-state index contributed by atoms with van der Waals surface area (Å²) in [4.78, 5) is 14.5. The minimum Gasteiger partial charge on any atom is -0.383 e. The highest BCUT2D eigenvalue weighted by Crippen LogP contribution is 2.23. The van der Waals surface area contributed by atoms with E-state index in [1.807, 2.05) is 24.3 Å². The predicted octanol–water partition coefficient (Wildman–Crippen LogP) is 0.990. The summed E-state index contributed by atoms with van der Waals surface area (Å²) in [6, 6.07) is 8.02. The summed E-state index contributed by atoms with van der Waals surface area (Å²) < 4.78 is 4.95. The molecule has 0 unspecified atom stereocenters. The van der Waals surface area contributed by atoms with Gasteiger partial charge < -0.3 is 20.7 Å². The molecule has 1 aromatic carbocycles. The molecular formula is C15H23N3O2. The minimum atomic E-state index is -0.0486. The molecule has 5 heteroatoms. The lowest BCUT2D eigenvalue weighted by Gasteiger charge is -2.33. The molecule has 1 aromatic rings. The van der Waals surface area contributed by atoms with E-state index < -0.39 is 0 Å². The van der Waals surface area contributed by atoms with Gasteiger partial charge in [0.2, 0.25) is 0 Å². The number of carbonyl (C=O) groups is 1. The van der Waals surface area contributed by atoms with Gasteiger partial charge in [-0.3, -0.25) is 4.79 Å². The van der Waals surface area contributed by atoms with Crippen molar-refractivity contribution in [2.75, 3.05) is 38.3 Å². The van der Waals surface area contributed by atoms with Gasteiger partial charge in [-0.15, -0.1) is 0 Å². The average Bonchev–Trinajstić information content (AvgIpc) is 2.48. The van der Waals surface area contributed by atoms with Crippen LogP contribution in [0.1, 0.15) is 23.2 Å². The highest BCUT2D eigenvalue weighted by Gasteiger charge is 2.20. The topological polar surface area (TPSA) is 67.6 Å². The number of ether oxygens (including phenoxy) is 1. The molecule has 1 aliphatic heterocycles. The molecule has 0 radical (unpaired) electrons.